The molecule has 0 amide bonds. The number of rotatable bonds is 4. The molecule has 0 saturated carbocycles. The van der Waals surface area contributed by atoms with Crippen molar-refractivity contribution in [1.29, 1.82) is 0 Å². The number of thiazole rings is 1. The Morgan fingerprint density at radius 1 is 1.30 bits per heavy atom. The highest BCUT2D eigenvalue weighted by Crippen LogP contribution is 2.24. The zero-order valence-corrected chi connectivity index (χ0v) is 14.0. The van der Waals surface area contributed by atoms with Crippen molar-refractivity contribution >= 4 is 28.9 Å². The highest BCUT2D eigenvalue weighted by atomic mass is 35.5. The van der Waals surface area contributed by atoms with Gasteiger partial charge in [0.15, 0.2) is 16.7 Å². The molecule has 2 N–H and O–H groups in total. The molecule has 0 radical (unpaired) electrons. The molecular weight excluding hydrogens is 344 g/mol. The Hall–Kier alpha value is -1.44. The highest BCUT2D eigenvalue weighted by Gasteiger charge is 2.22. The van der Waals surface area contributed by atoms with Crippen LogP contribution in [-0.2, 0) is 6.54 Å². The van der Waals surface area contributed by atoms with Crippen LogP contribution in [0.15, 0.2) is 24.4 Å². The monoisotopic (exact) mass is 361 g/mol. The van der Waals surface area contributed by atoms with E-state index < -0.39 is 11.6 Å². The van der Waals surface area contributed by atoms with E-state index in [2.05, 4.69) is 9.88 Å². The maximum absolute atomic E-state index is 13.6. The molecule has 4 nitrogen and oxygen atoms in total. The molecule has 2 aromatic rings. The molecule has 126 valence electrons. The predicted molar refractivity (Wildman–Crippen MR) is 89.1 cm³/mol. The maximum Gasteiger partial charge on any atom is 0.180 e. The van der Waals surface area contributed by atoms with E-state index in [0.717, 1.165) is 43.4 Å². The lowest BCUT2D eigenvalue weighted by Gasteiger charge is -2.31. The van der Waals surface area contributed by atoms with Gasteiger partial charge < -0.3 is 10.5 Å². The van der Waals surface area contributed by atoms with Gasteiger partial charge in [-0.1, -0.05) is 0 Å². The van der Waals surface area contributed by atoms with Gasteiger partial charge in [-0.05, 0) is 25.0 Å². The van der Waals surface area contributed by atoms with E-state index in [1.165, 1.54) is 23.5 Å². The van der Waals surface area contributed by atoms with E-state index in [1.54, 1.807) is 6.20 Å². The summed E-state index contributed by atoms with van der Waals surface area (Å²) in [6.07, 6.45) is 3.38. The van der Waals surface area contributed by atoms with Crippen LogP contribution in [0.1, 0.15) is 17.7 Å². The van der Waals surface area contributed by atoms with Crippen LogP contribution in [0.3, 0.4) is 0 Å². The Morgan fingerprint density at radius 3 is 2.65 bits per heavy atom. The first-order valence-corrected chi connectivity index (χ1v) is 7.96. The quantitative estimate of drug-likeness (QED) is 0.906. The van der Waals surface area contributed by atoms with Gasteiger partial charge in [0.1, 0.15) is 11.9 Å². The lowest BCUT2D eigenvalue weighted by Crippen LogP contribution is -2.37. The number of aromatic nitrogens is 1. The van der Waals surface area contributed by atoms with Crippen molar-refractivity contribution in [2.24, 2.45) is 0 Å². The van der Waals surface area contributed by atoms with Crippen LogP contribution in [0.2, 0.25) is 0 Å². The van der Waals surface area contributed by atoms with Gasteiger partial charge in [-0.3, -0.25) is 4.90 Å². The number of nitrogens with zero attached hydrogens (tertiary/aromatic N) is 2. The summed E-state index contributed by atoms with van der Waals surface area (Å²) in [5.74, 6) is -1.12. The third-order valence-corrected chi connectivity index (χ3v) is 4.48. The van der Waals surface area contributed by atoms with Crippen LogP contribution < -0.4 is 10.5 Å². The third-order valence-electron chi connectivity index (χ3n) is 3.67. The second-order valence-corrected chi connectivity index (χ2v) is 6.48. The predicted octanol–water partition coefficient (Wildman–Crippen LogP) is 3.47. The number of halogens is 3. The molecule has 0 atom stereocenters. The van der Waals surface area contributed by atoms with Gasteiger partial charge in [0.05, 0.1) is 0 Å². The fraction of sp³-hybridized carbons (Fsp3) is 0.400. The van der Waals surface area contributed by atoms with Crippen LogP contribution in [0.4, 0.5) is 13.9 Å². The van der Waals surface area contributed by atoms with E-state index in [0.29, 0.717) is 5.13 Å². The fourth-order valence-corrected chi connectivity index (χ4v) is 3.28. The summed E-state index contributed by atoms with van der Waals surface area (Å²) in [6.45, 7) is 2.56. The summed E-state index contributed by atoms with van der Waals surface area (Å²) in [4.78, 5) is 7.48. The molecule has 1 fully saturated rings. The fourth-order valence-electron chi connectivity index (χ4n) is 2.55. The summed E-state index contributed by atoms with van der Waals surface area (Å²) in [5, 5.41) is 0.583. The zero-order valence-electron chi connectivity index (χ0n) is 12.4. The zero-order chi connectivity index (χ0) is 15.5. The van der Waals surface area contributed by atoms with Crippen LogP contribution in [-0.4, -0.2) is 29.1 Å². The number of nitrogen functional groups attached to an aromatic ring is 1. The van der Waals surface area contributed by atoms with Crippen LogP contribution in [0, 0.1) is 11.6 Å². The van der Waals surface area contributed by atoms with Gasteiger partial charge in [-0.2, -0.15) is 0 Å². The summed E-state index contributed by atoms with van der Waals surface area (Å²) in [7, 11) is 0. The minimum absolute atomic E-state index is 0. The van der Waals surface area contributed by atoms with Crippen molar-refractivity contribution in [2.75, 3.05) is 18.8 Å². The molecule has 23 heavy (non-hydrogen) atoms. The molecule has 1 aromatic heterocycles. The number of hydrogen-bond donors (Lipinski definition) is 1. The molecular formula is C15H18ClF2N3OS. The van der Waals surface area contributed by atoms with Crippen LogP contribution >= 0.6 is 23.7 Å². The van der Waals surface area contributed by atoms with Crippen molar-refractivity contribution in [2.45, 2.75) is 25.5 Å². The Labute approximate surface area is 143 Å². The third kappa shape index (κ3) is 4.76. The minimum Gasteiger partial charge on any atom is -0.487 e. The molecule has 3 rings (SSSR count). The Bertz CT molecular complexity index is 647. The summed E-state index contributed by atoms with van der Waals surface area (Å²) >= 11 is 1.50. The van der Waals surface area contributed by atoms with Crippen LogP contribution in [0.5, 0.6) is 5.75 Å². The lowest BCUT2D eigenvalue weighted by atomic mass is 10.1. The maximum atomic E-state index is 13.6. The molecule has 0 aliphatic carbocycles. The van der Waals surface area contributed by atoms with Gasteiger partial charge >= 0.3 is 0 Å². The summed E-state index contributed by atoms with van der Waals surface area (Å²) in [5.41, 5.74) is 5.62. The molecule has 1 saturated heterocycles. The number of nitrogens with two attached hydrogens (primary N) is 1. The molecule has 1 aliphatic rings. The SMILES string of the molecule is Cl.Nc1ncc(CN2CCC(Oc3ccc(F)cc3F)CC2)s1. The van der Waals surface area contributed by atoms with Crippen molar-refractivity contribution in [3.05, 3.63) is 40.9 Å². The summed E-state index contributed by atoms with van der Waals surface area (Å²) < 4.78 is 32.1. The Morgan fingerprint density at radius 2 is 2.04 bits per heavy atom. The largest absolute Gasteiger partial charge is 0.487 e. The average Bonchev–Trinajstić information content (AvgIpc) is 2.89. The molecule has 0 bridgehead atoms. The molecule has 8 heteroatoms. The molecule has 1 aliphatic heterocycles. The smallest absolute Gasteiger partial charge is 0.180 e. The number of likely N-dealkylation sites (tertiary alicyclic amines) is 1. The number of benzene rings is 1. The van der Waals surface area contributed by atoms with E-state index >= 15 is 0 Å². The van der Waals surface area contributed by atoms with Gasteiger partial charge in [-0.25, -0.2) is 13.8 Å². The number of piperidine rings is 1. The second-order valence-electron chi connectivity index (χ2n) is 5.33. The van der Waals surface area contributed by atoms with Crippen molar-refractivity contribution in [1.82, 2.24) is 9.88 Å². The van der Waals surface area contributed by atoms with E-state index in [9.17, 15) is 8.78 Å². The van der Waals surface area contributed by atoms with Crippen molar-refractivity contribution in [3.8, 4) is 5.75 Å². The summed E-state index contributed by atoms with van der Waals surface area (Å²) in [6, 6.07) is 3.40. The van der Waals surface area contributed by atoms with Gasteiger partial charge in [0.2, 0.25) is 0 Å². The molecule has 0 spiro atoms. The highest BCUT2D eigenvalue weighted by molar-refractivity contribution is 7.15. The average molecular weight is 362 g/mol. The first-order chi connectivity index (χ1) is 10.6. The van der Waals surface area contributed by atoms with Gasteiger partial charge in [0.25, 0.3) is 0 Å². The number of hydrogen-bond acceptors (Lipinski definition) is 5. The number of ether oxygens (including phenoxy) is 1. The lowest BCUT2D eigenvalue weighted by molar-refractivity contribution is 0.0939. The van der Waals surface area contributed by atoms with E-state index in [1.807, 2.05) is 0 Å². The topological polar surface area (TPSA) is 51.4 Å². The van der Waals surface area contributed by atoms with Crippen molar-refractivity contribution in [3.63, 3.8) is 0 Å². The Kier molecular flexibility index (Phi) is 6.15. The molecule has 1 aromatic carbocycles. The second kappa shape index (κ2) is 7.90. The molecule has 0 unspecified atom stereocenters. The van der Waals surface area contributed by atoms with Gasteiger partial charge in [-0.15, -0.1) is 23.7 Å². The molecule has 2 heterocycles. The normalized spacial score (nSPS) is 16.1. The first kappa shape index (κ1) is 17.9. The first-order valence-electron chi connectivity index (χ1n) is 7.14. The van der Waals surface area contributed by atoms with E-state index in [-0.39, 0.29) is 24.3 Å². The minimum atomic E-state index is -0.650. The Balaban J connectivity index is 0.00000192. The van der Waals surface area contributed by atoms with Crippen molar-refractivity contribution < 1.29 is 13.5 Å². The van der Waals surface area contributed by atoms with E-state index in [4.69, 9.17) is 10.5 Å². The number of anilines is 1. The van der Waals surface area contributed by atoms with Crippen LogP contribution in [0.25, 0.3) is 0 Å². The van der Waals surface area contributed by atoms with Gasteiger partial charge in [0, 0.05) is 36.8 Å². The standard InChI is InChI=1S/C15H17F2N3OS.ClH/c16-10-1-2-14(13(17)7-10)21-11-3-5-20(6-4-11)9-12-8-19-15(18)22-12;/h1-2,7-8,11H,3-6,9H2,(H2,18,19);1H.